The van der Waals surface area contributed by atoms with Crippen LogP contribution in [-0.4, -0.2) is 49.1 Å². The minimum Gasteiger partial charge on any atom is -0.507 e. The van der Waals surface area contributed by atoms with E-state index in [4.69, 9.17) is 13.9 Å². The third-order valence-corrected chi connectivity index (χ3v) is 4.68. The van der Waals surface area contributed by atoms with Gasteiger partial charge in [0.2, 0.25) is 0 Å². The summed E-state index contributed by atoms with van der Waals surface area (Å²) in [7, 11) is 3.12. The molecule has 2 aromatic rings. The molecule has 1 amide bonds. The van der Waals surface area contributed by atoms with Gasteiger partial charge in [0.15, 0.2) is 0 Å². The summed E-state index contributed by atoms with van der Waals surface area (Å²) in [6, 6.07) is 9.32. The Balaban J connectivity index is 2.07. The third kappa shape index (κ3) is 3.66. The summed E-state index contributed by atoms with van der Waals surface area (Å²) in [4.78, 5) is 26.9. The molecule has 0 bridgehead atoms. The van der Waals surface area contributed by atoms with Crippen molar-refractivity contribution in [3.8, 4) is 5.75 Å². The van der Waals surface area contributed by atoms with Gasteiger partial charge >= 0.3 is 0 Å². The molecule has 0 aliphatic carbocycles. The molecule has 1 atom stereocenters. The number of methoxy groups -OCH3 is 2. The van der Waals surface area contributed by atoms with Crippen LogP contribution < -0.4 is 4.74 Å². The smallest absolute Gasteiger partial charge is 0.295 e. The zero-order chi connectivity index (χ0) is 20.3. The number of hydrogen-bond acceptors (Lipinski definition) is 6. The van der Waals surface area contributed by atoms with Crippen LogP contribution in [0.1, 0.15) is 29.5 Å². The van der Waals surface area contributed by atoms with Crippen LogP contribution in [0.4, 0.5) is 0 Å². The maximum atomic E-state index is 12.8. The summed E-state index contributed by atoms with van der Waals surface area (Å²) in [5.74, 6) is 0.0742. The van der Waals surface area contributed by atoms with E-state index in [2.05, 4.69) is 0 Å². The number of carbonyl (C=O) groups is 2. The van der Waals surface area contributed by atoms with Gasteiger partial charge in [0.1, 0.15) is 29.1 Å². The molecule has 148 valence electrons. The van der Waals surface area contributed by atoms with E-state index in [-0.39, 0.29) is 11.3 Å². The summed E-state index contributed by atoms with van der Waals surface area (Å²) in [5, 5.41) is 10.9. The molecule has 1 N–H and O–H groups in total. The summed E-state index contributed by atoms with van der Waals surface area (Å²) < 4.78 is 15.9. The Bertz CT molecular complexity index is 896. The molecule has 0 spiro atoms. The summed E-state index contributed by atoms with van der Waals surface area (Å²) in [6.45, 7) is 2.54. The fourth-order valence-corrected chi connectivity index (χ4v) is 3.29. The molecule has 1 aliphatic rings. The lowest BCUT2D eigenvalue weighted by atomic mass is 9.99. The van der Waals surface area contributed by atoms with Gasteiger partial charge < -0.3 is 23.9 Å². The van der Waals surface area contributed by atoms with Gasteiger partial charge in [-0.25, -0.2) is 0 Å². The summed E-state index contributed by atoms with van der Waals surface area (Å²) >= 11 is 0. The number of nitrogens with zero attached hydrogens (tertiary/aromatic N) is 1. The number of carbonyl (C=O) groups excluding carboxylic acids is 2. The van der Waals surface area contributed by atoms with E-state index in [0.717, 1.165) is 0 Å². The zero-order valence-electron chi connectivity index (χ0n) is 16.1. The topological polar surface area (TPSA) is 89.2 Å². The predicted molar refractivity (Wildman–Crippen MR) is 102 cm³/mol. The summed E-state index contributed by atoms with van der Waals surface area (Å²) in [6.07, 6.45) is 0.558. The van der Waals surface area contributed by atoms with Gasteiger partial charge in [-0.3, -0.25) is 9.59 Å². The van der Waals surface area contributed by atoms with Gasteiger partial charge in [-0.15, -0.1) is 0 Å². The van der Waals surface area contributed by atoms with Crippen LogP contribution in [-0.2, 0) is 14.3 Å². The molecule has 1 aromatic carbocycles. The zero-order valence-corrected chi connectivity index (χ0v) is 16.1. The first-order valence-electron chi connectivity index (χ1n) is 8.96. The molecule has 0 saturated carbocycles. The largest absolute Gasteiger partial charge is 0.507 e. The van der Waals surface area contributed by atoms with Crippen molar-refractivity contribution in [1.29, 1.82) is 0 Å². The molecule has 1 unspecified atom stereocenters. The van der Waals surface area contributed by atoms with Crippen molar-refractivity contribution < 1.29 is 28.6 Å². The van der Waals surface area contributed by atoms with E-state index in [0.29, 0.717) is 42.4 Å². The highest BCUT2D eigenvalue weighted by Gasteiger charge is 2.47. The number of aryl methyl sites for hydroxylation is 1. The average molecular weight is 385 g/mol. The van der Waals surface area contributed by atoms with E-state index in [1.807, 2.05) is 0 Å². The van der Waals surface area contributed by atoms with Gasteiger partial charge in [0, 0.05) is 25.8 Å². The maximum Gasteiger partial charge on any atom is 0.295 e. The number of Topliss-reactive ketones (excluding diaryl/α,β-unsaturated/α-hetero) is 1. The first-order valence-corrected chi connectivity index (χ1v) is 8.96. The fraction of sp³-hybridized carbons (Fsp3) is 0.333. The van der Waals surface area contributed by atoms with Gasteiger partial charge in [-0.05, 0) is 49.7 Å². The normalized spacial score (nSPS) is 18.7. The Morgan fingerprint density at radius 3 is 2.43 bits per heavy atom. The highest BCUT2D eigenvalue weighted by molar-refractivity contribution is 6.46. The fourth-order valence-electron chi connectivity index (χ4n) is 3.29. The van der Waals surface area contributed by atoms with Crippen molar-refractivity contribution in [2.75, 3.05) is 27.4 Å². The number of likely N-dealkylation sites (tertiary alicyclic amines) is 1. The molecule has 1 saturated heterocycles. The number of hydrogen-bond donors (Lipinski definition) is 1. The van der Waals surface area contributed by atoms with Crippen LogP contribution in [0.2, 0.25) is 0 Å². The average Bonchev–Trinajstić information content (AvgIpc) is 3.24. The molecule has 2 heterocycles. The Morgan fingerprint density at radius 1 is 1.14 bits per heavy atom. The molecular formula is C21H23NO6. The van der Waals surface area contributed by atoms with Crippen LogP contribution >= 0.6 is 0 Å². The van der Waals surface area contributed by atoms with E-state index >= 15 is 0 Å². The number of amides is 1. The predicted octanol–water partition coefficient (Wildman–Crippen LogP) is 3.05. The van der Waals surface area contributed by atoms with E-state index < -0.39 is 17.7 Å². The van der Waals surface area contributed by atoms with E-state index in [1.54, 1.807) is 57.5 Å². The van der Waals surface area contributed by atoms with Crippen molar-refractivity contribution in [2.24, 2.45) is 0 Å². The Morgan fingerprint density at radius 2 is 1.86 bits per heavy atom. The van der Waals surface area contributed by atoms with Gasteiger partial charge in [0.05, 0.1) is 12.7 Å². The van der Waals surface area contributed by atoms with Crippen LogP contribution in [0.5, 0.6) is 5.75 Å². The first kappa shape index (κ1) is 19.7. The monoisotopic (exact) mass is 385 g/mol. The first-order chi connectivity index (χ1) is 13.5. The third-order valence-electron chi connectivity index (χ3n) is 4.68. The highest BCUT2D eigenvalue weighted by Crippen LogP contribution is 2.40. The Hall–Kier alpha value is -3.06. The van der Waals surface area contributed by atoms with Crippen molar-refractivity contribution in [3.63, 3.8) is 0 Å². The number of ether oxygens (including phenoxy) is 2. The lowest BCUT2D eigenvalue weighted by Gasteiger charge is -2.23. The van der Waals surface area contributed by atoms with E-state index in [1.165, 1.54) is 4.90 Å². The molecule has 1 aromatic heterocycles. The standard InChI is InChI=1S/C21H23NO6/c1-13-5-10-16(28-13)18-17(19(23)14-6-8-15(27-3)9-7-14)20(24)21(25)22(18)11-4-12-26-2/h5-10,18,23H,4,11-12H2,1-3H3/b19-17-. The highest BCUT2D eigenvalue weighted by atomic mass is 16.5. The van der Waals surface area contributed by atoms with Crippen LogP contribution in [0.15, 0.2) is 46.4 Å². The molecule has 0 radical (unpaired) electrons. The minimum absolute atomic E-state index is 0.0157. The second-order valence-corrected chi connectivity index (χ2v) is 6.52. The number of benzene rings is 1. The van der Waals surface area contributed by atoms with Crippen molar-refractivity contribution in [3.05, 3.63) is 59.1 Å². The molecule has 1 aliphatic heterocycles. The number of rotatable bonds is 7. The van der Waals surface area contributed by atoms with Crippen molar-refractivity contribution >= 4 is 17.4 Å². The molecule has 3 rings (SSSR count). The van der Waals surface area contributed by atoms with Gasteiger partial charge in [-0.1, -0.05) is 0 Å². The second kappa shape index (κ2) is 8.31. The number of aliphatic hydroxyl groups excluding tert-OH is 1. The van der Waals surface area contributed by atoms with Crippen molar-refractivity contribution in [2.45, 2.75) is 19.4 Å². The molecule has 7 heteroatoms. The molecule has 28 heavy (non-hydrogen) atoms. The maximum absolute atomic E-state index is 12.8. The van der Waals surface area contributed by atoms with Crippen LogP contribution in [0, 0.1) is 6.92 Å². The van der Waals surface area contributed by atoms with Crippen LogP contribution in [0.25, 0.3) is 5.76 Å². The van der Waals surface area contributed by atoms with Gasteiger partial charge in [0.25, 0.3) is 11.7 Å². The van der Waals surface area contributed by atoms with Gasteiger partial charge in [-0.2, -0.15) is 0 Å². The lowest BCUT2D eigenvalue weighted by molar-refractivity contribution is -0.140. The lowest BCUT2D eigenvalue weighted by Crippen LogP contribution is -2.31. The second-order valence-electron chi connectivity index (χ2n) is 6.52. The molecule has 7 nitrogen and oxygen atoms in total. The Labute approximate surface area is 163 Å². The minimum atomic E-state index is -0.785. The van der Waals surface area contributed by atoms with Crippen LogP contribution in [0.3, 0.4) is 0 Å². The quantitative estimate of drug-likeness (QED) is 0.341. The van der Waals surface area contributed by atoms with Crippen molar-refractivity contribution in [1.82, 2.24) is 4.90 Å². The summed E-state index contributed by atoms with van der Waals surface area (Å²) in [5.41, 5.74) is 0.436. The molecular weight excluding hydrogens is 362 g/mol. The number of furan rings is 1. The Kier molecular flexibility index (Phi) is 5.84. The molecule has 1 fully saturated rings. The SMILES string of the molecule is COCCCN1C(=O)C(=O)/C(=C(\O)c2ccc(OC)cc2)C1c1ccc(C)o1. The number of ketones is 1. The number of aliphatic hydroxyl groups is 1. The van der Waals surface area contributed by atoms with E-state index in [9.17, 15) is 14.7 Å².